The molecule has 33 heavy (non-hydrogen) atoms. The van der Waals surface area contributed by atoms with E-state index in [1.807, 2.05) is 24.3 Å². The van der Waals surface area contributed by atoms with E-state index in [9.17, 15) is 4.39 Å². The van der Waals surface area contributed by atoms with E-state index in [-0.39, 0.29) is 35.2 Å². The summed E-state index contributed by atoms with van der Waals surface area (Å²) in [5.74, 6) is 2.20. The molecule has 0 unspecified atom stereocenters. The lowest BCUT2D eigenvalue weighted by molar-refractivity contribution is 0.0513. The van der Waals surface area contributed by atoms with Gasteiger partial charge in [0.1, 0.15) is 5.82 Å². The summed E-state index contributed by atoms with van der Waals surface area (Å²) in [5.41, 5.74) is 1.92. The normalized spacial score (nSPS) is 15.2. The number of rotatable bonds is 8. The van der Waals surface area contributed by atoms with E-state index in [0.717, 1.165) is 24.0 Å². The van der Waals surface area contributed by atoms with Crippen LogP contribution in [0, 0.1) is 5.82 Å². The molecule has 0 bridgehead atoms. The van der Waals surface area contributed by atoms with E-state index in [2.05, 4.69) is 15.6 Å². The number of nitrogens with zero attached hydrogens (tertiary/aromatic N) is 1. The highest BCUT2D eigenvalue weighted by Crippen LogP contribution is 2.38. The van der Waals surface area contributed by atoms with Crippen molar-refractivity contribution >= 4 is 29.9 Å². The molecule has 0 atom stereocenters. The van der Waals surface area contributed by atoms with Crippen molar-refractivity contribution in [1.29, 1.82) is 0 Å². The molecule has 0 spiro atoms. The molecule has 2 N–H and O–H groups in total. The Balaban J connectivity index is 0.00000385. The van der Waals surface area contributed by atoms with Gasteiger partial charge in [-0.15, -0.1) is 24.0 Å². The Kier molecular flexibility index (Phi) is 10.5. The molecule has 7 nitrogen and oxygen atoms in total. The average molecular weight is 573 g/mol. The molecule has 2 aromatic rings. The van der Waals surface area contributed by atoms with Gasteiger partial charge >= 0.3 is 0 Å². The maximum Gasteiger partial charge on any atom is 0.203 e. The number of methoxy groups -OCH3 is 3. The molecule has 2 aromatic carbocycles. The minimum atomic E-state index is -0.230. The van der Waals surface area contributed by atoms with Gasteiger partial charge in [-0.05, 0) is 48.2 Å². The number of halogens is 2. The third kappa shape index (κ3) is 6.63. The van der Waals surface area contributed by atoms with E-state index in [1.54, 1.807) is 28.4 Å². The van der Waals surface area contributed by atoms with Crippen molar-refractivity contribution in [2.24, 2.45) is 4.99 Å². The molecule has 0 saturated carbocycles. The summed E-state index contributed by atoms with van der Waals surface area (Å²) in [5, 5.41) is 6.78. The molecule has 0 radical (unpaired) electrons. The van der Waals surface area contributed by atoms with Crippen LogP contribution in [0.1, 0.15) is 24.0 Å². The minimum Gasteiger partial charge on any atom is -0.493 e. The predicted molar refractivity (Wildman–Crippen MR) is 138 cm³/mol. The van der Waals surface area contributed by atoms with Crippen LogP contribution in [-0.2, 0) is 16.7 Å². The lowest BCUT2D eigenvalue weighted by atomic mass is 9.74. The largest absolute Gasteiger partial charge is 0.493 e. The van der Waals surface area contributed by atoms with Gasteiger partial charge in [0.05, 0.1) is 21.3 Å². The number of hydrogen-bond donors (Lipinski definition) is 2. The molecular formula is C24H33FIN3O4. The van der Waals surface area contributed by atoms with E-state index < -0.39 is 0 Å². The SMILES string of the molecule is CN=C(NCc1cc(OC)c(OC)c(OC)c1)NCC1(c2ccc(F)cc2)CCOCC1.I. The van der Waals surface area contributed by atoms with Crippen LogP contribution in [0.3, 0.4) is 0 Å². The zero-order valence-corrected chi connectivity index (χ0v) is 21.9. The number of guanidine groups is 1. The van der Waals surface area contributed by atoms with E-state index in [1.165, 1.54) is 12.1 Å². The summed E-state index contributed by atoms with van der Waals surface area (Å²) >= 11 is 0. The fourth-order valence-electron chi connectivity index (χ4n) is 4.03. The second-order valence-corrected chi connectivity index (χ2v) is 7.71. The minimum absolute atomic E-state index is 0. The van der Waals surface area contributed by atoms with E-state index in [0.29, 0.717) is 49.5 Å². The average Bonchev–Trinajstić information content (AvgIpc) is 2.84. The van der Waals surface area contributed by atoms with Crippen LogP contribution in [-0.4, -0.2) is 54.1 Å². The van der Waals surface area contributed by atoms with Gasteiger partial charge in [-0.3, -0.25) is 4.99 Å². The highest BCUT2D eigenvalue weighted by atomic mass is 127. The molecule has 0 aromatic heterocycles. The quantitative estimate of drug-likeness (QED) is 0.284. The summed E-state index contributed by atoms with van der Waals surface area (Å²) in [7, 11) is 6.51. The second kappa shape index (κ2) is 12.8. The first-order valence-corrected chi connectivity index (χ1v) is 10.6. The van der Waals surface area contributed by atoms with Gasteiger partial charge in [0.15, 0.2) is 17.5 Å². The van der Waals surface area contributed by atoms with Crippen LogP contribution in [0.25, 0.3) is 0 Å². The maximum atomic E-state index is 13.5. The maximum absolute atomic E-state index is 13.5. The fraction of sp³-hybridized carbons (Fsp3) is 0.458. The van der Waals surface area contributed by atoms with E-state index in [4.69, 9.17) is 18.9 Å². The summed E-state index contributed by atoms with van der Waals surface area (Å²) in [4.78, 5) is 4.36. The topological polar surface area (TPSA) is 73.3 Å². The highest BCUT2D eigenvalue weighted by Gasteiger charge is 2.34. The zero-order valence-electron chi connectivity index (χ0n) is 19.6. The Bertz CT molecular complexity index is 893. The highest BCUT2D eigenvalue weighted by molar-refractivity contribution is 14.0. The number of benzene rings is 2. The van der Waals surface area contributed by atoms with Gasteiger partial charge < -0.3 is 29.6 Å². The first-order chi connectivity index (χ1) is 15.5. The Morgan fingerprint density at radius 2 is 1.61 bits per heavy atom. The van der Waals surface area contributed by atoms with Crippen molar-refractivity contribution in [2.75, 3.05) is 48.1 Å². The van der Waals surface area contributed by atoms with Crippen molar-refractivity contribution in [1.82, 2.24) is 10.6 Å². The second-order valence-electron chi connectivity index (χ2n) is 7.71. The predicted octanol–water partition coefficient (Wildman–Crippen LogP) is 3.88. The summed E-state index contributed by atoms with van der Waals surface area (Å²) in [6, 6.07) is 10.6. The fourth-order valence-corrected chi connectivity index (χ4v) is 4.03. The molecule has 0 aliphatic carbocycles. The number of ether oxygens (including phenoxy) is 4. The molecule has 1 heterocycles. The molecule has 1 saturated heterocycles. The summed E-state index contributed by atoms with van der Waals surface area (Å²) in [6.07, 6.45) is 1.71. The Labute approximate surface area is 212 Å². The third-order valence-electron chi connectivity index (χ3n) is 5.91. The van der Waals surface area contributed by atoms with Crippen molar-refractivity contribution < 1.29 is 23.3 Å². The summed E-state index contributed by atoms with van der Waals surface area (Å²) < 4.78 is 35.3. The van der Waals surface area contributed by atoms with Crippen molar-refractivity contribution in [3.63, 3.8) is 0 Å². The first-order valence-electron chi connectivity index (χ1n) is 10.6. The molecular weight excluding hydrogens is 540 g/mol. The van der Waals surface area contributed by atoms with Crippen LogP contribution in [0.15, 0.2) is 41.4 Å². The number of nitrogens with one attached hydrogen (secondary N) is 2. The smallest absolute Gasteiger partial charge is 0.203 e. The molecule has 182 valence electrons. The van der Waals surface area contributed by atoms with Gasteiger partial charge in [0.25, 0.3) is 0 Å². The molecule has 3 rings (SSSR count). The Morgan fingerprint density at radius 3 is 2.12 bits per heavy atom. The first kappa shape index (κ1) is 27.0. The zero-order chi connectivity index (χ0) is 23.0. The molecule has 1 aliphatic rings. The number of hydrogen-bond acceptors (Lipinski definition) is 5. The van der Waals surface area contributed by atoms with Gasteiger partial charge in [-0.2, -0.15) is 0 Å². The van der Waals surface area contributed by atoms with Crippen LogP contribution in [0.2, 0.25) is 0 Å². The Morgan fingerprint density at radius 1 is 1.00 bits per heavy atom. The van der Waals surface area contributed by atoms with Gasteiger partial charge in [0.2, 0.25) is 5.75 Å². The van der Waals surface area contributed by atoms with E-state index >= 15 is 0 Å². The van der Waals surface area contributed by atoms with Gasteiger partial charge in [-0.25, -0.2) is 4.39 Å². The third-order valence-corrected chi connectivity index (χ3v) is 5.91. The van der Waals surface area contributed by atoms with Crippen LogP contribution < -0.4 is 24.8 Å². The lowest BCUT2D eigenvalue weighted by Crippen LogP contribution is -2.47. The van der Waals surface area contributed by atoms with Crippen molar-refractivity contribution in [3.05, 3.63) is 53.3 Å². The molecule has 1 aliphatic heterocycles. The van der Waals surface area contributed by atoms with Gasteiger partial charge in [0, 0.05) is 38.8 Å². The van der Waals surface area contributed by atoms with Crippen molar-refractivity contribution in [2.45, 2.75) is 24.8 Å². The molecule has 1 fully saturated rings. The monoisotopic (exact) mass is 573 g/mol. The molecule has 9 heteroatoms. The lowest BCUT2D eigenvalue weighted by Gasteiger charge is -2.38. The molecule has 0 amide bonds. The van der Waals surface area contributed by atoms with Crippen LogP contribution >= 0.6 is 24.0 Å². The Hall–Kier alpha value is -2.27. The number of aliphatic imine (C=N–C) groups is 1. The summed E-state index contributed by atoms with van der Waals surface area (Å²) in [6.45, 7) is 2.53. The standard InChI is InChI=1S/C24H32FN3O4.HI/c1-26-23(27-15-17-13-20(29-2)22(31-4)21(14-17)30-3)28-16-24(9-11-32-12-10-24)18-5-7-19(25)8-6-18;/h5-8,13-14H,9-12,15-16H2,1-4H3,(H2,26,27,28);1H. The van der Waals surface area contributed by atoms with Gasteiger partial charge in [-0.1, -0.05) is 12.1 Å². The van der Waals surface area contributed by atoms with Crippen LogP contribution in [0.4, 0.5) is 4.39 Å². The van der Waals surface area contributed by atoms with Crippen molar-refractivity contribution in [3.8, 4) is 17.2 Å². The van der Waals surface area contributed by atoms with Crippen LogP contribution in [0.5, 0.6) is 17.2 Å².